The number of rotatable bonds is 8. The van der Waals surface area contributed by atoms with Gasteiger partial charge in [0.2, 0.25) is 11.8 Å². The number of nitrogens with zero attached hydrogens (tertiary/aromatic N) is 1. The van der Waals surface area contributed by atoms with E-state index in [1.807, 2.05) is 6.92 Å². The molecule has 164 valence electrons. The van der Waals surface area contributed by atoms with Gasteiger partial charge < -0.3 is 31.3 Å². The van der Waals surface area contributed by atoms with Crippen LogP contribution in [0.1, 0.15) is 65.2 Å². The van der Waals surface area contributed by atoms with Crippen molar-refractivity contribution < 1.29 is 19.6 Å². The minimum Gasteiger partial charge on any atom is -0.426 e. The molecule has 29 heavy (non-hydrogen) atoms. The predicted octanol–water partition coefficient (Wildman–Crippen LogP) is 0.0973. The molecule has 4 atom stereocenters. The molecule has 0 aromatic heterocycles. The Morgan fingerprint density at radius 2 is 1.79 bits per heavy atom. The van der Waals surface area contributed by atoms with E-state index < -0.39 is 31.2 Å². The molecule has 0 bridgehead atoms. The summed E-state index contributed by atoms with van der Waals surface area (Å²) in [6, 6.07) is -1.74. The van der Waals surface area contributed by atoms with Crippen LogP contribution in [0.2, 0.25) is 0 Å². The lowest BCUT2D eigenvalue weighted by Crippen LogP contribution is -2.57. The molecule has 0 aromatic rings. The molecule has 1 heterocycles. The first-order valence-corrected chi connectivity index (χ1v) is 11.2. The van der Waals surface area contributed by atoms with Crippen LogP contribution in [0.25, 0.3) is 0 Å². The molecule has 2 aliphatic rings. The molecule has 0 spiro atoms. The van der Waals surface area contributed by atoms with Crippen molar-refractivity contribution in [1.82, 2.24) is 15.5 Å². The molecule has 1 aliphatic carbocycles. The van der Waals surface area contributed by atoms with Gasteiger partial charge in [-0.15, -0.1) is 0 Å². The standard InChI is InChI=1S/C19H35BN4O4S/c1-3-14(19(29)24-11-7-10-15(24)20(27)28)23-17(25)12(2)22-18(26)16(21)13-8-5-4-6-9-13/h12-16,27-28H,3-11,21H2,1-2H3,(H,22,26)(H,23,25)/t12-,14-,15-,16-/m0/s1. The fraction of sp³-hybridized carbons (Fsp3) is 0.842. The molecular weight excluding hydrogens is 391 g/mol. The minimum atomic E-state index is -1.47. The summed E-state index contributed by atoms with van der Waals surface area (Å²) in [5.41, 5.74) is 6.12. The van der Waals surface area contributed by atoms with Gasteiger partial charge in [0.1, 0.15) is 11.0 Å². The van der Waals surface area contributed by atoms with E-state index in [2.05, 4.69) is 10.6 Å². The number of nitrogens with two attached hydrogens (primary N) is 1. The normalized spacial score (nSPS) is 23.2. The van der Waals surface area contributed by atoms with Gasteiger partial charge in [0.15, 0.2) is 0 Å². The van der Waals surface area contributed by atoms with E-state index in [4.69, 9.17) is 18.0 Å². The number of carbonyl (C=O) groups is 2. The fourth-order valence-corrected chi connectivity index (χ4v) is 4.75. The zero-order valence-corrected chi connectivity index (χ0v) is 18.3. The molecule has 0 unspecified atom stereocenters. The first-order chi connectivity index (χ1) is 13.8. The highest BCUT2D eigenvalue weighted by atomic mass is 32.1. The summed E-state index contributed by atoms with van der Waals surface area (Å²) in [6.45, 7) is 4.17. The van der Waals surface area contributed by atoms with Crippen LogP contribution in [-0.2, 0) is 9.59 Å². The first-order valence-electron chi connectivity index (χ1n) is 10.8. The van der Waals surface area contributed by atoms with Crippen molar-refractivity contribution >= 4 is 36.1 Å². The van der Waals surface area contributed by atoms with Crippen LogP contribution in [0.3, 0.4) is 0 Å². The van der Waals surface area contributed by atoms with Crippen molar-refractivity contribution in [1.29, 1.82) is 0 Å². The monoisotopic (exact) mass is 426 g/mol. The van der Waals surface area contributed by atoms with Gasteiger partial charge >= 0.3 is 7.12 Å². The topological polar surface area (TPSA) is 128 Å². The number of likely N-dealkylation sites (tertiary alicyclic amines) is 1. The predicted molar refractivity (Wildman–Crippen MR) is 117 cm³/mol. The molecule has 6 N–H and O–H groups in total. The second-order valence-electron chi connectivity index (χ2n) is 8.28. The highest BCUT2D eigenvalue weighted by Gasteiger charge is 2.37. The smallest absolute Gasteiger partial charge is 0.426 e. The molecule has 0 aromatic carbocycles. The van der Waals surface area contributed by atoms with Crippen LogP contribution < -0.4 is 16.4 Å². The van der Waals surface area contributed by atoms with Crippen molar-refractivity contribution in [3.05, 3.63) is 0 Å². The Morgan fingerprint density at radius 1 is 1.14 bits per heavy atom. The first kappa shape index (κ1) is 24.0. The van der Waals surface area contributed by atoms with E-state index >= 15 is 0 Å². The molecule has 1 aliphatic heterocycles. The van der Waals surface area contributed by atoms with Crippen molar-refractivity contribution in [2.75, 3.05) is 6.54 Å². The van der Waals surface area contributed by atoms with Crippen molar-refractivity contribution in [2.45, 2.75) is 89.3 Å². The lowest BCUT2D eigenvalue weighted by atomic mass is 9.78. The van der Waals surface area contributed by atoms with Crippen molar-refractivity contribution in [3.63, 3.8) is 0 Å². The summed E-state index contributed by atoms with van der Waals surface area (Å²) in [5.74, 6) is -0.895. The summed E-state index contributed by atoms with van der Waals surface area (Å²) in [4.78, 5) is 27.4. The van der Waals surface area contributed by atoms with E-state index in [0.717, 1.165) is 32.1 Å². The molecule has 8 nitrogen and oxygen atoms in total. The summed E-state index contributed by atoms with van der Waals surface area (Å²) >= 11 is 5.53. The molecule has 10 heteroatoms. The van der Waals surface area contributed by atoms with Crippen LogP contribution >= 0.6 is 12.2 Å². The van der Waals surface area contributed by atoms with E-state index in [9.17, 15) is 19.6 Å². The number of hydrogen-bond acceptors (Lipinski definition) is 6. The number of amides is 2. The highest BCUT2D eigenvalue weighted by Crippen LogP contribution is 2.25. The molecule has 2 amide bonds. The van der Waals surface area contributed by atoms with Gasteiger partial charge in [0.25, 0.3) is 0 Å². The largest absolute Gasteiger partial charge is 0.475 e. The second kappa shape index (κ2) is 11.2. The van der Waals surface area contributed by atoms with Crippen LogP contribution in [0.4, 0.5) is 0 Å². The Bertz CT molecular complexity index is 589. The lowest BCUT2D eigenvalue weighted by molar-refractivity contribution is -0.130. The average molecular weight is 426 g/mol. The number of carbonyl (C=O) groups excluding carboxylic acids is 2. The van der Waals surface area contributed by atoms with E-state index in [1.54, 1.807) is 11.8 Å². The van der Waals surface area contributed by atoms with Crippen LogP contribution in [-0.4, -0.2) is 69.5 Å². The zero-order chi connectivity index (χ0) is 21.6. The summed E-state index contributed by atoms with van der Waals surface area (Å²) in [6.07, 6.45) is 7.32. The second-order valence-corrected chi connectivity index (χ2v) is 8.70. The third kappa shape index (κ3) is 6.37. The van der Waals surface area contributed by atoms with E-state index in [-0.39, 0.29) is 17.7 Å². The average Bonchev–Trinajstić information content (AvgIpc) is 3.21. The number of thiocarbonyl (C=S) groups is 1. The summed E-state index contributed by atoms with van der Waals surface area (Å²) < 4.78 is 0. The number of nitrogens with one attached hydrogen (secondary N) is 2. The third-order valence-electron chi connectivity index (χ3n) is 6.16. The zero-order valence-electron chi connectivity index (χ0n) is 17.5. The van der Waals surface area contributed by atoms with Gasteiger partial charge in [-0.3, -0.25) is 9.59 Å². The van der Waals surface area contributed by atoms with Gasteiger partial charge in [-0.1, -0.05) is 38.4 Å². The van der Waals surface area contributed by atoms with Gasteiger partial charge in [0, 0.05) is 6.54 Å². The highest BCUT2D eigenvalue weighted by molar-refractivity contribution is 7.80. The third-order valence-corrected chi connectivity index (χ3v) is 6.68. The van der Waals surface area contributed by atoms with Crippen molar-refractivity contribution in [3.8, 4) is 0 Å². The van der Waals surface area contributed by atoms with Crippen LogP contribution in [0.15, 0.2) is 0 Å². The Hall–Kier alpha value is -1.23. The lowest BCUT2D eigenvalue weighted by Gasteiger charge is -2.32. The molecule has 2 fully saturated rings. The molecule has 1 saturated heterocycles. The van der Waals surface area contributed by atoms with Crippen LogP contribution in [0, 0.1) is 5.92 Å². The fourth-order valence-electron chi connectivity index (χ4n) is 4.29. The SMILES string of the molecule is CC[C@H](NC(=O)[C@H](C)NC(=O)[C@@H](N)C1CCCCC1)C(=S)N1CCC[C@H]1B(O)O. The Balaban J connectivity index is 1.89. The summed E-state index contributed by atoms with van der Waals surface area (Å²) in [5, 5.41) is 24.7. The van der Waals surface area contributed by atoms with Gasteiger partial charge in [-0.25, -0.2) is 0 Å². The maximum atomic E-state index is 12.6. The minimum absolute atomic E-state index is 0.173. The quantitative estimate of drug-likeness (QED) is 0.275. The maximum Gasteiger partial charge on any atom is 0.475 e. The number of hydrogen-bond donors (Lipinski definition) is 5. The van der Waals surface area contributed by atoms with Gasteiger partial charge in [-0.05, 0) is 44.9 Å². The van der Waals surface area contributed by atoms with Crippen LogP contribution in [0.5, 0.6) is 0 Å². The molecular formula is C19H35BN4O4S. The van der Waals surface area contributed by atoms with Gasteiger partial charge in [-0.2, -0.15) is 0 Å². The summed E-state index contributed by atoms with van der Waals surface area (Å²) in [7, 11) is -1.47. The Morgan fingerprint density at radius 3 is 2.38 bits per heavy atom. The molecule has 2 rings (SSSR count). The van der Waals surface area contributed by atoms with E-state index in [1.165, 1.54) is 6.42 Å². The van der Waals surface area contributed by atoms with Crippen molar-refractivity contribution in [2.24, 2.45) is 11.7 Å². The van der Waals surface area contributed by atoms with E-state index in [0.29, 0.717) is 24.4 Å². The molecule has 1 saturated carbocycles. The Kier molecular flexibility index (Phi) is 9.32. The maximum absolute atomic E-state index is 12.6. The van der Waals surface area contributed by atoms with Gasteiger partial charge in [0.05, 0.1) is 18.0 Å². The molecule has 0 radical (unpaired) electrons. The Labute approximate surface area is 179 Å².